The maximum Gasteiger partial charge on any atom is 0.275 e. The molecule has 0 saturated heterocycles. The summed E-state index contributed by atoms with van der Waals surface area (Å²) in [6, 6.07) is 5.37. The molecule has 0 fully saturated rings. The fourth-order valence-electron chi connectivity index (χ4n) is 2.52. The van der Waals surface area contributed by atoms with Gasteiger partial charge in [0.05, 0.1) is 0 Å². The van der Waals surface area contributed by atoms with E-state index in [1.807, 2.05) is 0 Å². The fourth-order valence-corrected chi connectivity index (χ4v) is 2.52. The number of carbonyl (C=O) groups excluding carboxylic acids is 3. The summed E-state index contributed by atoms with van der Waals surface area (Å²) in [4.78, 5) is 36.9. The van der Waals surface area contributed by atoms with Crippen LogP contribution >= 0.6 is 0 Å². The minimum absolute atomic E-state index is 0.0617. The molecule has 0 heterocycles. The van der Waals surface area contributed by atoms with E-state index in [0.717, 1.165) is 17.0 Å². The van der Waals surface area contributed by atoms with Crippen LogP contribution in [0.5, 0.6) is 0 Å². The van der Waals surface area contributed by atoms with Gasteiger partial charge in [-0.15, -0.1) is 0 Å². The third-order valence-corrected chi connectivity index (χ3v) is 4.01. The molecular formula is C18H16F3N3O4. The molecule has 0 aliphatic rings. The Hall–Kier alpha value is -3.40. The van der Waals surface area contributed by atoms with Crippen molar-refractivity contribution in [1.82, 2.24) is 15.7 Å². The standard InChI is InChI=1S/C18H16F3N3O4/c1-22-16(25)15(17(26)23-28)24(2)18(27)10-5-3-9(4-6-10)11-7-12(19)14(21)13(20)8-11/h3-8,15,28H,1-2H3,(H,22,25)(H,23,26). The molecule has 2 rings (SSSR count). The maximum atomic E-state index is 13.4. The number of nitrogens with zero attached hydrogens (tertiary/aromatic N) is 1. The zero-order valence-electron chi connectivity index (χ0n) is 14.8. The Kier molecular flexibility index (Phi) is 6.37. The Morgan fingerprint density at radius 2 is 1.50 bits per heavy atom. The van der Waals surface area contributed by atoms with E-state index in [-0.39, 0.29) is 11.1 Å². The van der Waals surface area contributed by atoms with Crippen LogP contribution in [0.25, 0.3) is 11.1 Å². The molecule has 2 aromatic rings. The maximum absolute atomic E-state index is 13.4. The number of rotatable bonds is 5. The van der Waals surface area contributed by atoms with Gasteiger partial charge < -0.3 is 10.2 Å². The van der Waals surface area contributed by atoms with Gasteiger partial charge in [0.2, 0.25) is 0 Å². The Morgan fingerprint density at radius 1 is 0.964 bits per heavy atom. The molecule has 1 unspecified atom stereocenters. The highest BCUT2D eigenvalue weighted by Crippen LogP contribution is 2.24. The molecule has 28 heavy (non-hydrogen) atoms. The first kappa shape index (κ1) is 20.9. The molecule has 3 N–H and O–H groups in total. The van der Waals surface area contributed by atoms with Crippen LogP contribution in [-0.4, -0.2) is 48.0 Å². The number of hydrogen-bond acceptors (Lipinski definition) is 4. The van der Waals surface area contributed by atoms with Crippen molar-refractivity contribution in [2.75, 3.05) is 14.1 Å². The second kappa shape index (κ2) is 8.53. The average Bonchev–Trinajstić information content (AvgIpc) is 2.70. The van der Waals surface area contributed by atoms with Crippen LogP contribution in [0.15, 0.2) is 36.4 Å². The first-order valence-corrected chi connectivity index (χ1v) is 7.89. The molecule has 10 heteroatoms. The van der Waals surface area contributed by atoms with Gasteiger partial charge in [-0.1, -0.05) is 12.1 Å². The summed E-state index contributed by atoms with van der Waals surface area (Å²) in [5.41, 5.74) is 1.76. The van der Waals surface area contributed by atoms with Gasteiger partial charge in [0.25, 0.3) is 17.7 Å². The van der Waals surface area contributed by atoms with Crippen LogP contribution in [0.3, 0.4) is 0 Å². The summed E-state index contributed by atoms with van der Waals surface area (Å²) in [6.45, 7) is 0. The van der Waals surface area contributed by atoms with Crippen molar-refractivity contribution < 1.29 is 32.8 Å². The van der Waals surface area contributed by atoms with E-state index < -0.39 is 41.2 Å². The summed E-state index contributed by atoms with van der Waals surface area (Å²) in [5, 5.41) is 11.0. The van der Waals surface area contributed by atoms with Gasteiger partial charge in [-0.25, -0.2) is 18.7 Å². The van der Waals surface area contributed by atoms with Crippen LogP contribution in [0.1, 0.15) is 10.4 Å². The van der Waals surface area contributed by atoms with Crippen LogP contribution in [0, 0.1) is 17.5 Å². The number of likely N-dealkylation sites (N-methyl/N-ethyl adjacent to an activating group) is 2. The quantitative estimate of drug-likeness (QED) is 0.309. The predicted octanol–water partition coefficient (Wildman–Crippen LogP) is 1.46. The predicted molar refractivity (Wildman–Crippen MR) is 91.6 cm³/mol. The smallest absolute Gasteiger partial charge is 0.275 e. The third-order valence-electron chi connectivity index (χ3n) is 4.01. The second-order valence-electron chi connectivity index (χ2n) is 5.74. The van der Waals surface area contributed by atoms with E-state index in [0.29, 0.717) is 5.56 Å². The highest BCUT2D eigenvalue weighted by Gasteiger charge is 2.33. The number of nitrogens with one attached hydrogen (secondary N) is 2. The van der Waals surface area contributed by atoms with Crippen LogP contribution < -0.4 is 10.8 Å². The molecule has 0 saturated carbocycles. The fraction of sp³-hybridized carbons (Fsp3) is 0.167. The topological polar surface area (TPSA) is 98.7 Å². The number of halogens is 3. The Morgan fingerprint density at radius 3 is 1.96 bits per heavy atom. The molecule has 0 bridgehead atoms. The van der Waals surface area contributed by atoms with Gasteiger partial charge in [-0.2, -0.15) is 0 Å². The van der Waals surface area contributed by atoms with Crippen molar-refractivity contribution in [1.29, 1.82) is 0 Å². The van der Waals surface area contributed by atoms with Gasteiger partial charge in [0.1, 0.15) is 0 Å². The Labute approximate surface area is 157 Å². The monoisotopic (exact) mass is 395 g/mol. The van der Waals surface area contributed by atoms with E-state index >= 15 is 0 Å². The number of carbonyl (C=O) groups is 3. The van der Waals surface area contributed by atoms with Crippen molar-refractivity contribution in [3.05, 3.63) is 59.4 Å². The van der Waals surface area contributed by atoms with Crippen LogP contribution in [-0.2, 0) is 9.59 Å². The van der Waals surface area contributed by atoms with Crippen molar-refractivity contribution in [2.24, 2.45) is 0 Å². The van der Waals surface area contributed by atoms with Crippen LogP contribution in [0.2, 0.25) is 0 Å². The summed E-state index contributed by atoms with van der Waals surface area (Å²) in [6.07, 6.45) is 0. The molecule has 0 spiro atoms. The lowest BCUT2D eigenvalue weighted by Gasteiger charge is -2.25. The molecule has 0 aliphatic carbocycles. The molecule has 0 aliphatic heterocycles. The summed E-state index contributed by atoms with van der Waals surface area (Å²) >= 11 is 0. The molecule has 148 valence electrons. The highest BCUT2D eigenvalue weighted by molar-refractivity contribution is 6.08. The molecule has 1 atom stereocenters. The summed E-state index contributed by atoms with van der Waals surface area (Å²) in [7, 11) is 2.45. The average molecular weight is 395 g/mol. The minimum atomic E-state index is -1.62. The lowest BCUT2D eigenvalue weighted by molar-refractivity contribution is -0.140. The van der Waals surface area contributed by atoms with Crippen LogP contribution in [0.4, 0.5) is 13.2 Å². The molecule has 2 aromatic carbocycles. The van der Waals surface area contributed by atoms with E-state index in [4.69, 9.17) is 5.21 Å². The molecule has 0 radical (unpaired) electrons. The first-order chi connectivity index (χ1) is 13.2. The van der Waals surface area contributed by atoms with Crippen molar-refractivity contribution in [3.63, 3.8) is 0 Å². The minimum Gasteiger partial charge on any atom is -0.357 e. The SMILES string of the molecule is CNC(=O)C(C(=O)NO)N(C)C(=O)c1ccc(-c2cc(F)c(F)c(F)c2)cc1. The van der Waals surface area contributed by atoms with Gasteiger partial charge >= 0.3 is 0 Å². The van der Waals surface area contributed by atoms with Gasteiger partial charge in [-0.05, 0) is 35.4 Å². The van der Waals surface area contributed by atoms with Gasteiger partial charge in [-0.3, -0.25) is 19.6 Å². The van der Waals surface area contributed by atoms with E-state index in [2.05, 4.69) is 5.32 Å². The number of hydrogen-bond donors (Lipinski definition) is 3. The normalized spacial score (nSPS) is 11.5. The molecule has 0 aromatic heterocycles. The Bertz CT molecular complexity index is 880. The number of amides is 3. The molecular weight excluding hydrogens is 379 g/mol. The zero-order valence-corrected chi connectivity index (χ0v) is 14.8. The van der Waals surface area contributed by atoms with Crippen molar-refractivity contribution >= 4 is 17.7 Å². The number of benzene rings is 2. The lowest BCUT2D eigenvalue weighted by atomic mass is 10.0. The first-order valence-electron chi connectivity index (χ1n) is 7.89. The summed E-state index contributed by atoms with van der Waals surface area (Å²) in [5.74, 6) is -6.93. The number of hydroxylamine groups is 1. The highest BCUT2D eigenvalue weighted by atomic mass is 19.2. The van der Waals surface area contributed by atoms with E-state index in [1.54, 1.807) is 0 Å². The molecule has 3 amide bonds. The van der Waals surface area contributed by atoms with Crippen molar-refractivity contribution in [3.8, 4) is 11.1 Å². The van der Waals surface area contributed by atoms with Gasteiger partial charge in [0, 0.05) is 19.7 Å². The lowest BCUT2D eigenvalue weighted by Crippen LogP contribution is -2.54. The Balaban J connectivity index is 2.30. The largest absolute Gasteiger partial charge is 0.357 e. The zero-order chi connectivity index (χ0) is 21.0. The van der Waals surface area contributed by atoms with Gasteiger partial charge in [0.15, 0.2) is 23.5 Å². The third kappa shape index (κ3) is 4.12. The second-order valence-corrected chi connectivity index (χ2v) is 5.74. The molecule has 7 nitrogen and oxygen atoms in total. The summed E-state index contributed by atoms with van der Waals surface area (Å²) < 4.78 is 39.8. The van der Waals surface area contributed by atoms with E-state index in [1.165, 1.54) is 43.8 Å². The van der Waals surface area contributed by atoms with Crippen molar-refractivity contribution in [2.45, 2.75) is 6.04 Å². The van der Waals surface area contributed by atoms with E-state index in [9.17, 15) is 27.6 Å².